The van der Waals surface area contributed by atoms with Gasteiger partial charge in [-0.05, 0) is 17.3 Å². The highest BCUT2D eigenvalue weighted by Crippen LogP contribution is 2.12. The lowest BCUT2D eigenvalue weighted by atomic mass is 10.3. The Morgan fingerprint density at radius 3 is 3.00 bits per heavy atom. The lowest BCUT2D eigenvalue weighted by Gasteiger charge is -1.91. The van der Waals surface area contributed by atoms with Gasteiger partial charge in [-0.1, -0.05) is 12.1 Å². The maximum atomic E-state index is 10.0. The number of amidine groups is 1. The molecule has 0 amide bonds. The quantitative estimate of drug-likeness (QED) is 0.339. The minimum absolute atomic E-state index is 0.121. The zero-order valence-electron chi connectivity index (χ0n) is 8.06. The highest BCUT2D eigenvalue weighted by molar-refractivity contribution is 5.81. The van der Waals surface area contributed by atoms with E-state index in [1.165, 1.54) is 6.92 Å². The van der Waals surface area contributed by atoms with Crippen LogP contribution in [-0.4, -0.2) is 15.8 Å². The molecule has 0 atom stereocenters. The largest absolute Gasteiger partial charge is 0.323 e. The first-order chi connectivity index (χ1) is 7.29. The standard InChI is InChI=1S/C9H9N5O/c1-6(14-15)12-13-9-10-7-4-2-3-5-8(7)11-9/h2-5H,1H3,(H2,10,11,13)/b12-6-. The van der Waals surface area contributed by atoms with Crippen LogP contribution in [0.15, 0.2) is 34.5 Å². The number of H-pyrrole nitrogens is 1. The summed E-state index contributed by atoms with van der Waals surface area (Å²) in [6, 6.07) is 7.59. The molecule has 2 N–H and O–H groups in total. The van der Waals surface area contributed by atoms with E-state index in [1.54, 1.807) is 0 Å². The molecule has 6 nitrogen and oxygen atoms in total. The van der Waals surface area contributed by atoms with Crippen LogP contribution in [0.25, 0.3) is 11.0 Å². The number of nitrogens with zero attached hydrogens (tertiary/aromatic N) is 3. The predicted molar refractivity (Wildman–Crippen MR) is 58.6 cm³/mol. The first kappa shape index (κ1) is 9.32. The van der Waals surface area contributed by atoms with Gasteiger partial charge in [-0.2, -0.15) is 5.10 Å². The maximum Gasteiger partial charge on any atom is 0.222 e. The van der Waals surface area contributed by atoms with Gasteiger partial charge < -0.3 is 4.98 Å². The molecule has 0 unspecified atom stereocenters. The number of nitrogens with one attached hydrogen (secondary N) is 2. The fraction of sp³-hybridized carbons (Fsp3) is 0.111. The number of rotatable bonds is 2. The highest BCUT2D eigenvalue weighted by atomic mass is 16.3. The molecule has 0 saturated carbocycles. The van der Waals surface area contributed by atoms with Crippen molar-refractivity contribution in [2.45, 2.75) is 6.92 Å². The summed E-state index contributed by atoms with van der Waals surface area (Å²) in [5, 5.41) is 6.36. The van der Waals surface area contributed by atoms with Crippen molar-refractivity contribution in [1.82, 2.24) is 9.97 Å². The molecule has 0 aliphatic rings. The summed E-state index contributed by atoms with van der Waals surface area (Å²) in [7, 11) is 0. The Balaban J connectivity index is 2.26. The average molecular weight is 203 g/mol. The van der Waals surface area contributed by atoms with Gasteiger partial charge in [0.25, 0.3) is 0 Å². The van der Waals surface area contributed by atoms with Crippen molar-refractivity contribution in [3.8, 4) is 0 Å². The number of hydrogen-bond acceptors (Lipinski definition) is 4. The maximum absolute atomic E-state index is 10.0. The van der Waals surface area contributed by atoms with Crippen molar-refractivity contribution in [2.24, 2.45) is 10.3 Å². The van der Waals surface area contributed by atoms with Gasteiger partial charge in [0.15, 0.2) is 5.84 Å². The second kappa shape index (κ2) is 3.87. The summed E-state index contributed by atoms with van der Waals surface area (Å²) < 4.78 is 0. The fourth-order valence-corrected chi connectivity index (χ4v) is 1.16. The topological polar surface area (TPSA) is 82.5 Å². The van der Waals surface area contributed by atoms with E-state index in [1.807, 2.05) is 24.3 Å². The summed E-state index contributed by atoms with van der Waals surface area (Å²) in [6.45, 7) is 1.50. The van der Waals surface area contributed by atoms with E-state index in [-0.39, 0.29) is 5.84 Å². The molecule has 0 bridgehead atoms. The van der Waals surface area contributed by atoms with E-state index in [9.17, 15) is 4.91 Å². The second-order valence-electron chi connectivity index (χ2n) is 2.96. The number of para-hydroxylation sites is 2. The molecule has 0 aliphatic heterocycles. The molecule has 6 heteroatoms. The third-order valence-electron chi connectivity index (χ3n) is 1.85. The minimum atomic E-state index is 0.121. The van der Waals surface area contributed by atoms with Gasteiger partial charge in [0.1, 0.15) is 0 Å². The van der Waals surface area contributed by atoms with E-state index >= 15 is 0 Å². The zero-order chi connectivity index (χ0) is 10.7. The number of hydrogen-bond donors (Lipinski definition) is 2. The molecule has 1 aromatic heterocycles. The molecule has 1 heterocycles. The molecule has 0 aliphatic carbocycles. The van der Waals surface area contributed by atoms with Crippen molar-refractivity contribution in [1.29, 1.82) is 0 Å². The summed E-state index contributed by atoms with van der Waals surface area (Å²) in [5.74, 6) is 0.606. The van der Waals surface area contributed by atoms with E-state index in [4.69, 9.17) is 0 Å². The minimum Gasteiger partial charge on any atom is -0.323 e. The normalized spacial score (nSPS) is 11.7. The van der Waals surface area contributed by atoms with Crippen LogP contribution in [0.2, 0.25) is 0 Å². The van der Waals surface area contributed by atoms with Crippen LogP contribution in [0.1, 0.15) is 6.92 Å². The Labute approximate surface area is 85.4 Å². The first-order valence-corrected chi connectivity index (χ1v) is 4.38. The molecule has 0 fully saturated rings. The molecule has 0 saturated heterocycles. The highest BCUT2D eigenvalue weighted by Gasteiger charge is 1.99. The van der Waals surface area contributed by atoms with Crippen molar-refractivity contribution < 1.29 is 0 Å². The van der Waals surface area contributed by atoms with Gasteiger partial charge in [0.05, 0.1) is 11.0 Å². The SMILES string of the molecule is C/C(N=O)=N/Nc1nc2ccccc2[nH]1. The number of imidazole rings is 1. The molecule has 0 spiro atoms. The number of aromatic nitrogens is 2. The Hall–Kier alpha value is -2.24. The number of fused-ring (bicyclic) bond motifs is 1. The predicted octanol–water partition coefficient (Wildman–Crippen LogP) is 2.07. The van der Waals surface area contributed by atoms with Crippen molar-refractivity contribution in [2.75, 3.05) is 5.43 Å². The van der Waals surface area contributed by atoms with E-state index in [0.717, 1.165) is 11.0 Å². The molecule has 2 aromatic rings. The van der Waals surface area contributed by atoms with Crippen LogP contribution in [0.5, 0.6) is 0 Å². The van der Waals surface area contributed by atoms with Gasteiger partial charge in [0, 0.05) is 6.92 Å². The van der Waals surface area contributed by atoms with Gasteiger partial charge in [-0.3, -0.25) is 0 Å². The summed E-state index contributed by atoms with van der Waals surface area (Å²) in [6.07, 6.45) is 0. The molecular formula is C9H9N5O. The van der Waals surface area contributed by atoms with Crippen LogP contribution < -0.4 is 5.43 Å². The Morgan fingerprint density at radius 1 is 1.47 bits per heavy atom. The number of nitroso groups, excluding NO2 is 1. The Morgan fingerprint density at radius 2 is 2.27 bits per heavy atom. The molecule has 76 valence electrons. The number of benzene rings is 1. The third kappa shape index (κ3) is 1.98. The molecule has 2 rings (SSSR count). The Bertz CT molecular complexity index is 483. The van der Waals surface area contributed by atoms with Crippen LogP contribution in [0, 0.1) is 4.91 Å². The van der Waals surface area contributed by atoms with E-state index in [2.05, 4.69) is 25.7 Å². The van der Waals surface area contributed by atoms with Gasteiger partial charge in [0.2, 0.25) is 5.95 Å². The molecular weight excluding hydrogens is 194 g/mol. The fourth-order valence-electron chi connectivity index (χ4n) is 1.16. The molecule has 1 aromatic carbocycles. The lowest BCUT2D eigenvalue weighted by Crippen LogP contribution is -1.94. The zero-order valence-corrected chi connectivity index (χ0v) is 8.06. The van der Waals surface area contributed by atoms with E-state index < -0.39 is 0 Å². The number of hydrazone groups is 1. The second-order valence-corrected chi connectivity index (χ2v) is 2.96. The van der Waals surface area contributed by atoms with Crippen molar-refractivity contribution >= 4 is 22.8 Å². The van der Waals surface area contributed by atoms with Crippen LogP contribution >= 0.6 is 0 Å². The summed E-state index contributed by atoms with van der Waals surface area (Å²) in [4.78, 5) is 17.3. The molecule has 0 radical (unpaired) electrons. The number of anilines is 1. The monoisotopic (exact) mass is 203 g/mol. The van der Waals surface area contributed by atoms with Crippen molar-refractivity contribution in [3.63, 3.8) is 0 Å². The Kier molecular flexibility index (Phi) is 2.40. The summed E-state index contributed by atoms with van der Waals surface area (Å²) in [5.41, 5.74) is 4.36. The van der Waals surface area contributed by atoms with Gasteiger partial charge >= 0.3 is 0 Å². The van der Waals surface area contributed by atoms with Gasteiger partial charge in [-0.25, -0.2) is 10.4 Å². The number of aromatic amines is 1. The van der Waals surface area contributed by atoms with Crippen LogP contribution in [0.3, 0.4) is 0 Å². The smallest absolute Gasteiger partial charge is 0.222 e. The summed E-state index contributed by atoms with van der Waals surface area (Å²) >= 11 is 0. The van der Waals surface area contributed by atoms with E-state index in [0.29, 0.717) is 5.95 Å². The van der Waals surface area contributed by atoms with Crippen molar-refractivity contribution in [3.05, 3.63) is 29.2 Å². The average Bonchev–Trinajstić information content (AvgIpc) is 2.68. The van der Waals surface area contributed by atoms with Gasteiger partial charge in [-0.15, -0.1) is 4.91 Å². The lowest BCUT2D eigenvalue weighted by molar-refractivity contribution is 1.19. The third-order valence-corrected chi connectivity index (χ3v) is 1.85. The molecule has 15 heavy (non-hydrogen) atoms. The van der Waals surface area contributed by atoms with Crippen LogP contribution in [0.4, 0.5) is 5.95 Å². The van der Waals surface area contributed by atoms with Crippen LogP contribution in [-0.2, 0) is 0 Å². The first-order valence-electron chi connectivity index (χ1n) is 4.38.